The van der Waals surface area contributed by atoms with Gasteiger partial charge in [-0.15, -0.1) is 13.2 Å². The maximum absolute atomic E-state index is 12.4. The second kappa shape index (κ2) is 5.41. The van der Waals surface area contributed by atoms with Gasteiger partial charge >= 0.3 is 6.36 Å². The summed E-state index contributed by atoms with van der Waals surface area (Å²) in [5.41, 5.74) is 0.952. The minimum Gasteiger partial charge on any atom is -0.405 e. The first-order valence-corrected chi connectivity index (χ1v) is 6.61. The molecule has 3 aromatic rings. The van der Waals surface area contributed by atoms with Crippen molar-refractivity contribution in [3.8, 4) is 5.75 Å². The summed E-state index contributed by atoms with van der Waals surface area (Å²) in [6.45, 7) is 1.70. The molecule has 0 aliphatic rings. The number of aryl methyl sites for hydroxylation is 1. The fourth-order valence-corrected chi connectivity index (χ4v) is 2.21. The highest BCUT2D eigenvalue weighted by atomic mass is 19.4. The number of fused-ring (bicyclic) bond motifs is 1. The quantitative estimate of drug-likeness (QED) is 0.775. The Balaban J connectivity index is 1.99. The second-order valence-electron chi connectivity index (χ2n) is 4.89. The first-order chi connectivity index (χ1) is 10.8. The fraction of sp³-hybridized carbons (Fsp3) is 0.214. The van der Waals surface area contributed by atoms with Gasteiger partial charge in [0.1, 0.15) is 17.1 Å². The number of benzene rings is 1. The van der Waals surface area contributed by atoms with Gasteiger partial charge in [-0.1, -0.05) is 18.2 Å². The molecular weight excluding hydrogens is 313 g/mol. The summed E-state index contributed by atoms with van der Waals surface area (Å²) >= 11 is 0. The van der Waals surface area contributed by atoms with E-state index in [0.29, 0.717) is 11.2 Å². The minimum absolute atomic E-state index is 0.0119. The van der Waals surface area contributed by atoms with Gasteiger partial charge in [0, 0.05) is 12.0 Å². The van der Waals surface area contributed by atoms with Gasteiger partial charge in [-0.2, -0.15) is 5.10 Å². The van der Waals surface area contributed by atoms with Crippen LogP contribution in [0.3, 0.4) is 0 Å². The van der Waals surface area contributed by atoms with Crippen LogP contribution in [0, 0.1) is 6.92 Å². The van der Waals surface area contributed by atoms with Crippen molar-refractivity contribution in [1.82, 2.24) is 20.2 Å². The van der Waals surface area contributed by atoms with Gasteiger partial charge in [0.25, 0.3) is 5.56 Å². The number of H-pyrrole nitrogens is 2. The number of hydrogen-bond acceptors (Lipinski definition) is 4. The Labute approximate surface area is 127 Å². The number of aromatic amines is 2. The summed E-state index contributed by atoms with van der Waals surface area (Å²) in [6.07, 6.45) is -4.80. The maximum Gasteiger partial charge on any atom is 0.573 e. The normalized spacial score (nSPS) is 11.8. The van der Waals surface area contributed by atoms with Crippen LogP contribution in [-0.4, -0.2) is 26.5 Å². The third-order valence-corrected chi connectivity index (χ3v) is 3.19. The van der Waals surface area contributed by atoms with Gasteiger partial charge in [-0.05, 0) is 13.0 Å². The van der Waals surface area contributed by atoms with Gasteiger partial charge in [-0.3, -0.25) is 9.89 Å². The predicted molar refractivity (Wildman–Crippen MR) is 75.2 cm³/mol. The summed E-state index contributed by atoms with van der Waals surface area (Å²) in [5.74, 6) is -0.100. The van der Waals surface area contributed by atoms with Crippen LogP contribution < -0.4 is 10.3 Å². The fourth-order valence-electron chi connectivity index (χ4n) is 2.21. The highest BCUT2D eigenvalue weighted by Crippen LogP contribution is 2.27. The third kappa shape index (κ3) is 3.17. The molecule has 0 saturated carbocycles. The summed E-state index contributed by atoms with van der Waals surface area (Å²) < 4.78 is 41.3. The molecule has 9 heteroatoms. The van der Waals surface area contributed by atoms with Crippen molar-refractivity contribution >= 4 is 11.0 Å². The van der Waals surface area contributed by atoms with Gasteiger partial charge in [0.2, 0.25) is 0 Å². The molecule has 23 heavy (non-hydrogen) atoms. The van der Waals surface area contributed by atoms with Crippen molar-refractivity contribution in [2.75, 3.05) is 0 Å². The number of alkyl halides is 3. The standard InChI is InChI=1S/C14H11F3N4O2/c1-7-11-12(21-20-7)13(22)19-10(18-11)6-8-4-2-3-5-9(8)23-14(15,16)17/h2-5H,6H2,1H3,(H,20,21)(H,18,19,22). The van der Waals surface area contributed by atoms with E-state index in [1.807, 2.05) is 0 Å². The number of ether oxygens (including phenoxy) is 1. The smallest absolute Gasteiger partial charge is 0.405 e. The number of hydrogen-bond donors (Lipinski definition) is 2. The lowest BCUT2D eigenvalue weighted by Crippen LogP contribution is -2.18. The zero-order chi connectivity index (χ0) is 16.6. The zero-order valence-electron chi connectivity index (χ0n) is 11.9. The number of para-hydroxylation sites is 1. The lowest BCUT2D eigenvalue weighted by molar-refractivity contribution is -0.274. The Bertz CT molecular complexity index is 914. The molecule has 3 rings (SSSR count). The zero-order valence-corrected chi connectivity index (χ0v) is 11.9. The molecule has 0 saturated heterocycles. The van der Waals surface area contributed by atoms with E-state index < -0.39 is 11.9 Å². The van der Waals surface area contributed by atoms with Crippen LogP contribution >= 0.6 is 0 Å². The highest BCUT2D eigenvalue weighted by molar-refractivity contribution is 5.75. The van der Waals surface area contributed by atoms with Crippen LogP contribution in [0.2, 0.25) is 0 Å². The van der Waals surface area contributed by atoms with E-state index >= 15 is 0 Å². The highest BCUT2D eigenvalue weighted by Gasteiger charge is 2.32. The Hall–Kier alpha value is -2.84. The third-order valence-electron chi connectivity index (χ3n) is 3.19. The van der Waals surface area contributed by atoms with Crippen molar-refractivity contribution < 1.29 is 17.9 Å². The molecule has 1 aromatic carbocycles. The van der Waals surface area contributed by atoms with E-state index in [1.54, 1.807) is 13.0 Å². The first kappa shape index (κ1) is 15.1. The average Bonchev–Trinajstić information content (AvgIpc) is 2.82. The molecule has 120 valence electrons. The van der Waals surface area contributed by atoms with Crippen molar-refractivity contribution in [2.45, 2.75) is 19.7 Å². The van der Waals surface area contributed by atoms with Gasteiger partial charge in [0.05, 0.1) is 5.69 Å². The topological polar surface area (TPSA) is 83.7 Å². The molecule has 6 nitrogen and oxygen atoms in total. The van der Waals surface area contributed by atoms with E-state index in [9.17, 15) is 18.0 Å². The molecule has 0 atom stereocenters. The molecule has 0 spiro atoms. The lowest BCUT2D eigenvalue weighted by Gasteiger charge is -2.12. The van der Waals surface area contributed by atoms with Crippen molar-refractivity contribution in [2.24, 2.45) is 0 Å². The summed E-state index contributed by atoms with van der Waals surface area (Å²) in [7, 11) is 0. The molecule has 2 N–H and O–H groups in total. The first-order valence-electron chi connectivity index (χ1n) is 6.61. The monoisotopic (exact) mass is 324 g/mol. The molecule has 0 bridgehead atoms. The number of halogens is 3. The number of nitrogens with one attached hydrogen (secondary N) is 2. The van der Waals surface area contributed by atoms with Crippen LogP contribution in [0.1, 0.15) is 17.1 Å². The van der Waals surface area contributed by atoms with E-state index in [1.165, 1.54) is 18.2 Å². The van der Waals surface area contributed by atoms with Gasteiger partial charge in [0.15, 0.2) is 5.52 Å². The van der Waals surface area contributed by atoms with Crippen LogP contribution in [0.15, 0.2) is 29.1 Å². The van der Waals surface area contributed by atoms with Crippen molar-refractivity contribution in [3.63, 3.8) is 0 Å². The molecule has 0 amide bonds. The predicted octanol–water partition coefficient (Wildman–Crippen LogP) is 2.44. The van der Waals surface area contributed by atoms with E-state index in [-0.39, 0.29) is 29.1 Å². The molecular formula is C14H11F3N4O2. The SMILES string of the molecule is Cc1[nH]nc2c(=O)[nH]c(Cc3ccccc3OC(F)(F)F)nc12. The van der Waals surface area contributed by atoms with Gasteiger partial charge in [-0.25, -0.2) is 4.98 Å². The maximum atomic E-state index is 12.4. The second-order valence-corrected chi connectivity index (χ2v) is 4.89. The molecule has 0 unspecified atom stereocenters. The van der Waals surface area contributed by atoms with E-state index in [4.69, 9.17) is 0 Å². The summed E-state index contributed by atoms with van der Waals surface area (Å²) in [4.78, 5) is 18.7. The molecule has 2 aromatic heterocycles. The number of rotatable bonds is 3. The van der Waals surface area contributed by atoms with Crippen LogP contribution in [-0.2, 0) is 6.42 Å². The van der Waals surface area contributed by atoms with E-state index in [2.05, 4.69) is 24.9 Å². The Morgan fingerprint density at radius 1 is 1.22 bits per heavy atom. The Morgan fingerprint density at radius 2 is 1.96 bits per heavy atom. The Morgan fingerprint density at radius 3 is 2.70 bits per heavy atom. The van der Waals surface area contributed by atoms with E-state index in [0.717, 1.165) is 0 Å². The number of aromatic nitrogens is 4. The van der Waals surface area contributed by atoms with Gasteiger partial charge < -0.3 is 9.72 Å². The summed E-state index contributed by atoms with van der Waals surface area (Å²) in [5, 5.41) is 6.47. The molecule has 0 radical (unpaired) electrons. The van der Waals surface area contributed by atoms with Crippen molar-refractivity contribution in [1.29, 1.82) is 0 Å². The summed E-state index contributed by atoms with van der Waals surface area (Å²) in [6, 6.07) is 5.71. The molecule has 0 aliphatic heterocycles. The average molecular weight is 324 g/mol. The van der Waals surface area contributed by atoms with Crippen molar-refractivity contribution in [3.05, 3.63) is 51.7 Å². The molecule has 2 heterocycles. The molecule has 0 aliphatic carbocycles. The minimum atomic E-state index is -4.79. The van der Waals surface area contributed by atoms with Crippen LogP contribution in [0.25, 0.3) is 11.0 Å². The van der Waals surface area contributed by atoms with Crippen LogP contribution in [0.4, 0.5) is 13.2 Å². The van der Waals surface area contributed by atoms with Crippen LogP contribution in [0.5, 0.6) is 5.75 Å². The Kier molecular flexibility index (Phi) is 3.55. The molecule has 0 fully saturated rings. The largest absolute Gasteiger partial charge is 0.573 e. The lowest BCUT2D eigenvalue weighted by atomic mass is 10.1. The number of nitrogens with zero attached hydrogens (tertiary/aromatic N) is 2.